The molecular formula is C23H27N3O3S. The third-order valence-corrected chi connectivity index (χ3v) is 5.65. The molecule has 1 heterocycles. The summed E-state index contributed by atoms with van der Waals surface area (Å²) in [6.07, 6.45) is 1.88. The van der Waals surface area contributed by atoms with Crippen molar-refractivity contribution in [2.45, 2.75) is 62.8 Å². The molecule has 3 rings (SSSR count). The third-order valence-electron chi connectivity index (χ3n) is 4.64. The number of aromatic nitrogens is 2. The Bertz CT molecular complexity index is 987. The van der Waals surface area contributed by atoms with Gasteiger partial charge in [0.2, 0.25) is 0 Å². The summed E-state index contributed by atoms with van der Waals surface area (Å²) in [5, 5.41) is 12.0. The number of hydrogen-bond donors (Lipinski definition) is 0. The van der Waals surface area contributed by atoms with Crippen LogP contribution in [0.1, 0.15) is 50.3 Å². The molecule has 0 N–H and O–H groups in total. The van der Waals surface area contributed by atoms with Gasteiger partial charge in [0.05, 0.1) is 17.2 Å². The predicted molar refractivity (Wildman–Crippen MR) is 119 cm³/mol. The first-order valence-corrected chi connectivity index (χ1v) is 10.9. The minimum atomic E-state index is -0.368. The van der Waals surface area contributed by atoms with Crippen LogP contribution in [0, 0.1) is 10.1 Å². The van der Waals surface area contributed by atoms with Gasteiger partial charge in [0, 0.05) is 23.1 Å². The molecule has 158 valence electrons. The molecule has 0 atom stereocenters. The lowest BCUT2D eigenvalue weighted by Crippen LogP contribution is -2.11. The van der Waals surface area contributed by atoms with Gasteiger partial charge in [-0.15, -0.1) is 0 Å². The Hall–Kier alpha value is -2.64. The van der Waals surface area contributed by atoms with Crippen molar-refractivity contribution in [1.29, 1.82) is 0 Å². The smallest absolute Gasteiger partial charge is 0.270 e. The highest BCUT2D eigenvalue weighted by atomic mass is 32.2. The summed E-state index contributed by atoms with van der Waals surface area (Å²) < 4.78 is 8.21. The van der Waals surface area contributed by atoms with Gasteiger partial charge in [0.25, 0.3) is 5.69 Å². The summed E-state index contributed by atoms with van der Waals surface area (Å²) in [7, 11) is 0. The van der Waals surface area contributed by atoms with Crippen LogP contribution in [0.3, 0.4) is 0 Å². The number of nitrogens with zero attached hydrogens (tertiary/aromatic N) is 3. The Balaban J connectivity index is 1.85. The molecule has 6 nitrogen and oxygen atoms in total. The van der Waals surface area contributed by atoms with Crippen molar-refractivity contribution in [3.63, 3.8) is 0 Å². The van der Waals surface area contributed by atoms with Gasteiger partial charge < -0.3 is 9.30 Å². The standard InChI is InChI=1S/C23H27N3O3S/c1-4-9-21-23(30-20-13-8-12-19(14-20)26(27)28)24-22(25(21)17(2)3)16-29-15-18-10-6-5-7-11-18/h5-8,10-14,17H,4,9,15-16H2,1-3H3. The van der Waals surface area contributed by atoms with Gasteiger partial charge >= 0.3 is 0 Å². The summed E-state index contributed by atoms with van der Waals surface area (Å²) in [6, 6.07) is 17.0. The Morgan fingerprint density at radius 2 is 1.90 bits per heavy atom. The largest absolute Gasteiger partial charge is 0.369 e. The highest BCUT2D eigenvalue weighted by Gasteiger charge is 2.20. The van der Waals surface area contributed by atoms with Crippen molar-refractivity contribution in [2.24, 2.45) is 0 Å². The van der Waals surface area contributed by atoms with E-state index in [4.69, 9.17) is 9.72 Å². The van der Waals surface area contributed by atoms with Crippen LogP contribution in [-0.4, -0.2) is 14.5 Å². The van der Waals surface area contributed by atoms with E-state index < -0.39 is 0 Å². The maximum absolute atomic E-state index is 11.1. The van der Waals surface area contributed by atoms with E-state index in [-0.39, 0.29) is 16.7 Å². The van der Waals surface area contributed by atoms with Crippen LogP contribution >= 0.6 is 11.8 Å². The first-order valence-electron chi connectivity index (χ1n) is 10.1. The van der Waals surface area contributed by atoms with Gasteiger partial charge in [-0.1, -0.05) is 61.5 Å². The number of nitro benzene ring substituents is 1. The molecule has 0 fully saturated rings. The van der Waals surface area contributed by atoms with E-state index in [1.165, 1.54) is 17.8 Å². The number of benzene rings is 2. The molecule has 30 heavy (non-hydrogen) atoms. The highest BCUT2D eigenvalue weighted by molar-refractivity contribution is 7.99. The fourth-order valence-electron chi connectivity index (χ4n) is 3.36. The summed E-state index contributed by atoms with van der Waals surface area (Å²) >= 11 is 1.48. The lowest BCUT2D eigenvalue weighted by atomic mass is 10.2. The van der Waals surface area contributed by atoms with Gasteiger partial charge in [-0.3, -0.25) is 10.1 Å². The fourth-order valence-corrected chi connectivity index (χ4v) is 4.38. The Labute approximate surface area is 181 Å². The average Bonchev–Trinajstić information content (AvgIpc) is 3.06. The Kier molecular flexibility index (Phi) is 7.65. The summed E-state index contributed by atoms with van der Waals surface area (Å²) in [5.41, 5.74) is 2.37. The summed E-state index contributed by atoms with van der Waals surface area (Å²) in [4.78, 5) is 16.4. The minimum absolute atomic E-state index is 0.0896. The molecule has 1 aromatic heterocycles. The van der Waals surface area contributed by atoms with Crippen molar-refractivity contribution >= 4 is 17.4 Å². The number of nitro groups is 1. The molecule has 7 heteroatoms. The minimum Gasteiger partial charge on any atom is -0.369 e. The molecule has 0 saturated carbocycles. The maximum atomic E-state index is 11.1. The SMILES string of the molecule is CCCc1c(Sc2cccc([N+](=O)[O-])c2)nc(COCc2ccccc2)n1C(C)C. The number of hydrogen-bond acceptors (Lipinski definition) is 5. The molecule has 0 bridgehead atoms. The molecule has 0 aliphatic heterocycles. The maximum Gasteiger partial charge on any atom is 0.270 e. The van der Waals surface area contributed by atoms with E-state index in [9.17, 15) is 10.1 Å². The van der Waals surface area contributed by atoms with Gasteiger partial charge in [0.15, 0.2) is 0 Å². The topological polar surface area (TPSA) is 70.2 Å². The van der Waals surface area contributed by atoms with Crippen molar-refractivity contribution in [2.75, 3.05) is 0 Å². The molecule has 0 spiro atoms. The molecule has 0 unspecified atom stereocenters. The van der Waals surface area contributed by atoms with Gasteiger partial charge in [-0.2, -0.15) is 0 Å². The first kappa shape index (κ1) is 22.1. The number of rotatable bonds is 10. The highest BCUT2D eigenvalue weighted by Crippen LogP contribution is 2.34. The van der Waals surface area contributed by atoms with E-state index in [2.05, 4.69) is 25.3 Å². The van der Waals surface area contributed by atoms with Crippen LogP contribution in [0.15, 0.2) is 64.5 Å². The van der Waals surface area contributed by atoms with Crippen molar-refractivity contribution in [1.82, 2.24) is 9.55 Å². The normalized spacial score (nSPS) is 11.2. The zero-order valence-electron chi connectivity index (χ0n) is 17.6. The zero-order valence-corrected chi connectivity index (χ0v) is 18.4. The second-order valence-electron chi connectivity index (χ2n) is 7.33. The van der Waals surface area contributed by atoms with Crippen molar-refractivity contribution < 1.29 is 9.66 Å². The van der Waals surface area contributed by atoms with Crippen molar-refractivity contribution in [3.05, 3.63) is 81.8 Å². The second-order valence-corrected chi connectivity index (χ2v) is 8.39. The van der Waals surface area contributed by atoms with E-state index in [0.717, 1.165) is 39.8 Å². The van der Waals surface area contributed by atoms with Crippen LogP contribution in [0.5, 0.6) is 0 Å². The predicted octanol–water partition coefficient (Wildman–Crippen LogP) is 6.19. The van der Waals surface area contributed by atoms with Gasteiger partial charge in [0.1, 0.15) is 17.5 Å². The number of imidazole rings is 1. The zero-order chi connectivity index (χ0) is 21.5. The second kappa shape index (κ2) is 10.4. The lowest BCUT2D eigenvalue weighted by molar-refractivity contribution is -0.385. The van der Waals surface area contributed by atoms with Gasteiger partial charge in [-0.25, -0.2) is 4.98 Å². The fraction of sp³-hybridized carbons (Fsp3) is 0.348. The van der Waals surface area contributed by atoms with Crippen LogP contribution in [0.2, 0.25) is 0 Å². The van der Waals surface area contributed by atoms with E-state index in [1.54, 1.807) is 12.1 Å². The van der Waals surface area contributed by atoms with Crippen LogP contribution < -0.4 is 0 Å². The molecule has 0 saturated heterocycles. The quantitative estimate of drug-likeness (QED) is 0.286. The number of non-ortho nitro benzene ring substituents is 1. The molecule has 0 aliphatic carbocycles. The van der Waals surface area contributed by atoms with E-state index >= 15 is 0 Å². The molecule has 0 radical (unpaired) electrons. The monoisotopic (exact) mass is 425 g/mol. The summed E-state index contributed by atoms with van der Waals surface area (Å²) in [5.74, 6) is 0.886. The lowest BCUT2D eigenvalue weighted by Gasteiger charge is -2.16. The van der Waals surface area contributed by atoms with E-state index in [0.29, 0.717) is 13.2 Å². The van der Waals surface area contributed by atoms with E-state index in [1.807, 2.05) is 36.4 Å². The number of ether oxygens (including phenoxy) is 1. The third kappa shape index (κ3) is 5.49. The van der Waals surface area contributed by atoms with Crippen molar-refractivity contribution in [3.8, 4) is 0 Å². The van der Waals surface area contributed by atoms with Gasteiger partial charge in [-0.05, 0) is 31.9 Å². The molecule has 0 aliphatic rings. The van der Waals surface area contributed by atoms with Crippen LogP contribution in [0.4, 0.5) is 5.69 Å². The Morgan fingerprint density at radius 1 is 1.13 bits per heavy atom. The molecule has 3 aromatic rings. The average molecular weight is 426 g/mol. The molecule has 2 aromatic carbocycles. The summed E-state index contributed by atoms with van der Waals surface area (Å²) in [6.45, 7) is 7.37. The Morgan fingerprint density at radius 3 is 2.57 bits per heavy atom. The molecular weight excluding hydrogens is 398 g/mol. The van der Waals surface area contributed by atoms with Crippen LogP contribution in [0.25, 0.3) is 0 Å². The van der Waals surface area contributed by atoms with Crippen LogP contribution in [-0.2, 0) is 24.4 Å². The first-order chi connectivity index (χ1) is 14.5. The molecule has 0 amide bonds.